The monoisotopic (exact) mass is 346 g/mol. The maximum absolute atomic E-state index is 12.3. The highest BCUT2D eigenvalue weighted by Crippen LogP contribution is 2.38. The van der Waals surface area contributed by atoms with Crippen LogP contribution in [0.5, 0.6) is 5.75 Å². The number of hydrogen-bond acceptors (Lipinski definition) is 3. The summed E-state index contributed by atoms with van der Waals surface area (Å²) in [6, 6.07) is 8.16. The quantitative estimate of drug-likeness (QED) is 0.831. The van der Waals surface area contributed by atoms with Gasteiger partial charge in [-0.25, -0.2) is 4.79 Å². The van der Waals surface area contributed by atoms with Gasteiger partial charge in [0.2, 0.25) is 0 Å². The van der Waals surface area contributed by atoms with Crippen molar-refractivity contribution in [3.63, 3.8) is 0 Å². The van der Waals surface area contributed by atoms with Crippen LogP contribution in [0.2, 0.25) is 0 Å². The van der Waals surface area contributed by atoms with Gasteiger partial charge in [-0.3, -0.25) is 0 Å². The van der Waals surface area contributed by atoms with Gasteiger partial charge in [-0.1, -0.05) is 26.0 Å². The molecule has 5 nitrogen and oxygen atoms in total. The summed E-state index contributed by atoms with van der Waals surface area (Å²) < 4.78 is 11.0. The number of carbonyl (C=O) groups excluding carboxylic acids is 1. The van der Waals surface area contributed by atoms with E-state index in [0.717, 1.165) is 31.1 Å². The third kappa shape index (κ3) is 4.88. The Bertz CT molecular complexity index is 581. The van der Waals surface area contributed by atoms with Crippen LogP contribution >= 0.6 is 0 Å². The highest BCUT2D eigenvalue weighted by Gasteiger charge is 2.36. The van der Waals surface area contributed by atoms with Crippen LogP contribution in [-0.2, 0) is 10.2 Å². The zero-order chi connectivity index (χ0) is 17.9. The van der Waals surface area contributed by atoms with Crippen molar-refractivity contribution in [3.8, 4) is 5.75 Å². The van der Waals surface area contributed by atoms with Gasteiger partial charge in [0.05, 0.1) is 13.2 Å². The van der Waals surface area contributed by atoms with Crippen molar-refractivity contribution in [1.82, 2.24) is 10.6 Å². The molecule has 1 aromatic rings. The number of carbonyl (C=O) groups is 1. The Kier molecular flexibility index (Phi) is 5.52. The molecule has 25 heavy (non-hydrogen) atoms. The normalized spacial score (nSPS) is 23.8. The van der Waals surface area contributed by atoms with Gasteiger partial charge in [0.25, 0.3) is 0 Å². The zero-order valence-electron chi connectivity index (χ0n) is 15.5. The number of benzene rings is 1. The second-order valence-corrected chi connectivity index (χ2v) is 7.91. The molecule has 2 fully saturated rings. The van der Waals surface area contributed by atoms with Crippen LogP contribution in [0.4, 0.5) is 4.79 Å². The van der Waals surface area contributed by atoms with Gasteiger partial charge in [-0.05, 0) is 49.3 Å². The van der Waals surface area contributed by atoms with E-state index < -0.39 is 0 Å². The van der Waals surface area contributed by atoms with Crippen molar-refractivity contribution >= 4 is 6.03 Å². The fourth-order valence-corrected chi connectivity index (χ4v) is 3.44. The summed E-state index contributed by atoms with van der Waals surface area (Å²) in [5.74, 6) is 1.57. The summed E-state index contributed by atoms with van der Waals surface area (Å²) in [6.07, 6.45) is 4.74. The number of urea groups is 1. The number of methoxy groups -OCH3 is 1. The topological polar surface area (TPSA) is 59.6 Å². The first-order valence-corrected chi connectivity index (χ1v) is 9.28. The maximum atomic E-state index is 12.3. The fourth-order valence-electron chi connectivity index (χ4n) is 3.44. The van der Waals surface area contributed by atoms with Crippen molar-refractivity contribution in [1.29, 1.82) is 0 Å². The molecule has 0 aromatic heterocycles. The van der Waals surface area contributed by atoms with Gasteiger partial charge in [0, 0.05) is 24.6 Å². The first-order valence-electron chi connectivity index (χ1n) is 9.28. The van der Waals surface area contributed by atoms with E-state index in [1.54, 1.807) is 7.11 Å². The van der Waals surface area contributed by atoms with Crippen molar-refractivity contribution < 1.29 is 14.3 Å². The van der Waals surface area contributed by atoms with Gasteiger partial charge in [0.15, 0.2) is 0 Å². The van der Waals surface area contributed by atoms with Gasteiger partial charge < -0.3 is 20.1 Å². The van der Waals surface area contributed by atoms with Crippen molar-refractivity contribution in [2.24, 2.45) is 5.92 Å². The molecule has 1 aromatic carbocycles. The molecule has 0 radical (unpaired) electrons. The van der Waals surface area contributed by atoms with E-state index in [4.69, 9.17) is 9.47 Å². The molecule has 1 saturated heterocycles. The molecule has 1 heterocycles. The summed E-state index contributed by atoms with van der Waals surface area (Å²) in [4.78, 5) is 12.3. The Morgan fingerprint density at radius 2 is 1.96 bits per heavy atom. The molecular weight excluding hydrogens is 316 g/mol. The van der Waals surface area contributed by atoms with Crippen LogP contribution in [0.1, 0.15) is 45.1 Å². The number of nitrogens with one attached hydrogen (secondary N) is 2. The molecule has 0 spiro atoms. The third-order valence-electron chi connectivity index (χ3n) is 5.36. The molecule has 2 amide bonds. The largest absolute Gasteiger partial charge is 0.497 e. The second-order valence-electron chi connectivity index (χ2n) is 7.91. The van der Waals surface area contributed by atoms with E-state index >= 15 is 0 Å². The summed E-state index contributed by atoms with van der Waals surface area (Å²) in [7, 11) is 1.66. The van der Waals surface area contributed by atoms with Crippen LogP contribution in [0, 0.1) is 5.92 Å². The number of rotatable bonds is 6. The summed E-state index contributed by atoms with van der Waals surface area (Å²) in [5.41, 5.74) is 1.03. The Hall–Kier alpha value is -1.75. The Morgan fingerprint density at radius 3 is 2.60 bits per heavy atom. The Balaban J connectivity index is 1.47. The molecule has 1 aliphatic carbocycles. The molecule has 2 aliphatic rings. The predicted molar refractivity (Wildman–Crippen MR) is 98.0 cm³/mol. The predicted octanol–water partition coefficient (Wildman–Crippen LogP) is 3.23. The van der Waals surface area contributed by atoms with E-state index in [9.17, 15) is 4.79 Å². The lowest BCUT2D eigenvalue weighted by Crippen LogP contribution is -2.49. The van der Waals surface area contributed by atoms with Crippen LogP contribution in [0.15, 0.2) is 24.3 Å². The molecule has 2 N–H and O–H groups in total. The van der Waals surface area contributed by atoms with E-state index in [2.05, 4.69) is 36.6 Å². The SMILES string of the molecule is COc1ccc(C(C)(C)CNC(=O)NC2CCOC(C3CC3)C2)cc1. The number of ether oxygens (including phenoxy) is 2. The highest BCUT2D eigenvalue weighted by atomic mass is 16.5. The standard InChI is InChI=1S/C20H30N2O3/c1-20(2,15-6-8-17(24-3)9-7-15)13-21-19(23)22-16-10-11-25-18(12-16)14-4-5-14/h6-9,14,16,18H,4-5,10-13H2,1-3H3,(H2,21,22,23). The molecule has 2 unspecified atom stereocenters. The molecule has 5 heteroatoms. The zero-order valence-corrected chi connectivity index (χ0v) is 15.5. The van der Waals surface area contributed by atoms with Crippen molar-refractivity contribution in [3.05, 3.63) is 29.8 Å². The van der Waals surface area contributed by atoms with Gasteiger partial charge in [0.1, 0.15) is 5.75 Å². The fraction of sp³-hybridized carbons (Fsp3) is 0.650. The van der Waals surface area contributed by atoms with Gasteiger partial charge in [-0.15, -0.1) is 0 Å². The molecular formula is C20H30N2O3. The van der Waals surface area contributed by atoms with E-state index in [0.29, 0.717) is 12.6 Å². The molecule has 3 rings (SSSR count). The van der Waals surface area contributed by atoms with Crippen molar-refractivity contribution in [2.45, 2.75) is 57.1 Å². The second kappa shape index (κ2) is 7.65. The lowest BCUT2D eigenvalue weighted by atomic mass is 9.84. The molecule has 2 atom stereocenters. The summed E-state index contributed by atoms with van der Waals surface area (Å²) in [5, 5.41) is 6.16. The van der Waals surface area contributed by atoms with Crippen LogP contribution in [-0.4, -0.2) is 38.4 Å². The minimum atomic E-state index is -0.143. The van der Waals surface area contributed by atoms with Crippen LogP contribution in [0.25, 0.3) is 0 Å². The van der Waals surface area contributed by atoms with E-state index in [-0.39, 0.29) is 17.5 Å². The van der Waals surface area contributed by atoms with Gasteiger partial charge in [-0.2, -0.15) is 0 Å². The van der Waals surface area contributed by atoms with E-state index in [1.165, 1.54) is 18.4 Å². The molecule has 138 valence electrons. The number of hydrogen-bond donors (Lipinski definition) is 2. The maximum Gasteiger partial charge on any atom is 0.315 e. The summed E-state index contributed by atoms with van der Waals surface area (Å²) in [6.45, 7) is 5.60. The molecule has 0 bridgehead atoms. The lowest BCUT2D eigenvalue weighted by molar-refractivity contribution is -0.00915. The first-order chi connectivity index (χ1) is 12.0. The average Bonchev–Trinajstić information content (AvgIpc) is 3.46. The van der Waals surface area contributed by atoms with Crippen molar-refractivity contribution in [2.75, 3.05) is 20.3 Å². The highest BCUT2D eigenvalue weighted by molar-refractivity contribution is 5.74. The lowest BCUT2D eigenvalue weighted by Gasteiger charge is -2.31. The summed E-state index contributed by atoms with van der Waals surface area (Å²) >= 11 is 0. The first kappa shape index (κ1) is 18.1. The minimum Gasteiger partial charge on any atom is -0.497 e. The van der Waals surface area contributed by atoms with E-state index in [1.807, 2.05) is 12.1 Å². The van der Waals surface area contributed by atoms with Gasteiger partial charge >= 0.3 is 6.03 Å². The third-order valence-corrected chi connectivity index (χ3v) is 5.36. The molecule has 1 saturated carbocycles. The average molecular weight is 346 g/mol. The Morgan fingerprint density at radius 1 is 1.24 bits per heavy atom. The Labute approximate surface area is 150 Å². The smallest absolute Gasteiger partial charge is 0.315 e. The molecule has 1 aliphatic heterocycles. The van der Waals surface area contributed by atoms with Crippen LogP contribution in [0.3, 0.4) is 0 Å². The van der Waals surface area contributed by atoms with Crippen LogP contribution < -0.4 is 15.4 Å². The number of amides is 2. The minimum absolute atomic E-state index is 0.0805.